The molecule has 6 rings (SSSR count). The number of fused-ring (bicyclic) bond motifs is 1. The summed E-state index contributed by atoms with van der Waals surface area (Å²) >= 11 is 0. The maximum Gasteiger partial charge on any atom is 0.242 e. The molecule has 3 heterocycles. The van der Waals surface area contributed by atoms with Gasteiger partial charge >= 0.3 is 0 Å². The number of piperidine rings is 1. The molecule has 12 heteroatoms. The van der Waals surface area contributed by atoms with Crippen molar-refractivity contribution in [3.63, 3.8) is 0 Å². The number of hydrogen-bond donors (Lipinski definition) is 3. The largest absolute Gasteiger partial charge is 0.390 e. The van der Waals surface area contributed by atoms with E-state index in [4.69, 9.17) is 15.6 Å². The van der Waals surface area contributed by atoms with Crippen molar-refractivity contribution in [2.24, 2.45) is 11.8 Å². The van der Waals surface area contributed by atoms with Gasteiger partial charge in [-0.25, -0.2) is 24.6 Å². The minimum atomic E-state index is -0.772. The highest BCUT2D eigenvalue weighted by Crippen LogP contribution is 2.41. The molecular formula is C33H48F2N8O2. The average molecular weight is 627 g/mol. The van der Waals surface area contributed by atoms with Crippen LogP contribution < -0.4 is 16.2 Å². The second-order valence-corrected chi connectivity index (χ2v) is 13.7. The number of benzene rings is 1. The zero-order valence-electron chi connectivity index (χ0n) is 26.6. The summed E-state index contributed by atoms with van der Waals surface area (Å²) in [5.74, 6) is 6.11. The van der Waals surface area contributed by atoms with Gasteiger partial charge < -0.3 is 20.1 Å². The van der Waals surface area contributed by atoms with Crippen LogP contribution >= 0.6 is 0 Å². The van der Waals surface area contributed by atoms with E-state index in [1.165, 1.54) is 50.6 Å². The van der Waals surface area contributed by atoms with E-state index in [9.17, 15) is 13.9 Å². The summed E-state index contributed by atoms with van der Waals surface area (Å²) in [7, 11) is 0. The molecule has 10 nitrogen and oxygen atoms in total. The van der Waals surface area contributed by atoms with Crippen molar-refractivity contribution in [1.29, 1.82) is 0 Å². The summed E-state index contributed by atoms with van der Waals surface area (Å²) in [5, 5.41) is 15.2. The Morgan fingerprint density at radius 1 is 1.00 bits per heavy atom. The third-order valence-electron chi connectivity index (χ3n) is 10.2. The number of nitrogens with two attached hydrogens (primary N) is 1. The molecule has 1 aliphatic heterocycles. The number of nitrogens with zero attached hydrogens (tertiary/aromatic N) is 6. The van der Waals surface area contributed by atoms with Crippen LogP contribution in [0.15, 0.2) is 24.4 Å². The van der Waals surface area contributed by atoms with Crippen molar-refractivity contribution < 1.29 is 18.6 Å². The number of ether oxygens (including phenoxy) is 1. The first-order valence-electron chi connectivity index (χ1n) is 16.7. The van der Waals surface area contributed by atoms with Crippen molar-refractivity contribution in [3.8, 4) is 0 Å². The summed E-state index contributed by atoms with van der Waals surface area (Å²) in [6.07, 6.45) is 12.6. The molecule has 2 aromatic heterocycles. The summed E-state index contributed by atoms with van der Waals surface area (Å²) < 4.78 is 37.5. The Morgan fingerprint density at radius 2 is 1.69 bits per heavy atom. The molecule has 0 radical (unpaired) electrons. The first-order chi connectivity index (χ1) is 21.7. The standard InChI is InChI=1S/C33H48F2N8O2/c1-33(2,44)22-9-11-23(12-10-22)42-30-28(38-32(42)39-29-26(34)7-6-8-27(29)35)21-37-31(40-30)43(36)24-13-15-25(16-14-24)45-20-19-41-17-4-3-5-18-41/h6-8,21-25,44H,3-5,9-20,36H2,1-2H3,(H,38,39)/t22-,23+,24-,25-. The Balaban J connectivity index is 1.18. The van der Waals surface area contributed by atoms with Crippen LogP contribution in [0.1, 0.15) is 90.5 Å². The molecule has 1 saturated heterocycles. The molecule has 4 N–H and O–H groups in total. The molecule has 1 aromatic carbocycles. The highest BCUT2D eigenvalue weighted by molar-refractivity contribution is 5.77. The first kappa shape index (κ1) is 32.0. The van der Waals surface area contributed by atoms with Crippen LogP contribution in [0.4, 0.5) is 26.4 Å². The topological polar surface area (TPSA) is 118 Å². The molecule has 0 unspecified atom stereocenters. The fourth-order valence-electron chi connectivity index (χ4n) is 7.39. The van der Waals surface area contributed by atoms with Crippen LogP contribution in [0.25, 0.3) is 11.2 Å². The maximum atomic E-state index is 14.7. The van der Waals surface area contributed by atoms with E-state index in [0.717, 1.165) is 64.5 Å². The summed E-state index contributed by atoms with van der Waals surface area (Å²) in [4.78, 5) is 16.6. The highest BCUT2D eigenvalue weighted by Gasteiger charge is 2.34. The van der Waals surface area contributed by atoms with E-state index >= 15 is 0 Å². The van der Waals surface area contributed by atoms with Crippen LogP contribution in [0, 0.1) is 17.6 Å². The van der Waals surface area contributed by atoms with Gasteiger partial charge in [-0.1, -0.05) is 12.5 Å². The molecule has 3 aliphatic rings. The molecule has 3 fully saturated rings. The molecule has 0 bridgehead atoms. The SMILES string of the molecule is CC(C)(O)[C@H]1CC[C@@H](n2c(Nc3c(F)cccc3F)nc3cnc(N(N)[C@H]4CC[C@H](OCCN5CCCCC5)CC4)nc32)CC1. The number of halogens is 2. The number of aromatic nitrogens is 4. The fraction of sp³-hybridized carbons (Fsp3) is 0.667. The van der Waals surface area contributed by atoms with Crippen LogP contribution in [0.3, 0.4) is 0 Å². The smallest absolute Gasteiger partial charge is 0.242 e. The molecule has 0 amide bonds. The molecular weight excluding hydrogens is 578 g/mol. The van der Waals surface area contributed by atoms with E-state index in [1.54, 1.807) is 11.2 Å². The van der Waals surface area contributed by atoms with E-state index in [0.29, 0.717) is 23.1 Å². The van der Waals surface area contributed by atoms with E-state index < -0.39 is 17.2 Å². The predicted octanol–water partition coefficient (Wildman–Crippen LogP) is 5.84. The number of hydrogen-bond acceptors (Lipinski definition) is 9. The van der Waals surface area contributed by atoms with Crippen LogP contribution in [0.2, 0.25) is 0 Å². The average Bonchev–Trinajstić information content (AvgIpc) is 3.40. The fourth-order valence-corrected chi connectivity index (χ4v) is 7.39. The second-order valence-electron chi connectivity index (χ2n) is 13.7. The Bertz CT molecular complexity index is 1400. The third-order valence-corrected chi connectivity index (χ3v) is 10.2. The monoisotopic (exact) mass is 626 g/mol. The number of anilines is 3. The minimum absolute atomic E-state index is 0.0302. The molecule has 3 aromatic rings. The van der Waals surface area contributed by atoms with E-state index in [-0.39, 0.29) is 29.8 Å². The molecule has 2 saturated carbocycles. The molecule has 45 heavy (non-hydrogen) atoms. The number of para-hydroxylation sites is 1. The Morgan fingerprint density at radius 3 is 2.36 bits per heavy atom. The van der Waals surface area contributed by atoms with Crippen LogP contribution in [0.5, 0.6) is 0 Å². The van der Waals surface area contributed by atoms with Gasteiger partial charge in [-0.3, -0.25) is 9.58 Å². The number of rotatable bonds is 10. The highest BCUT2D eigenvalue weighted by atomic mass is 19.1. The van der Waals surface area contributed by atoms with Gasteiger partial charge in [-0.2, -0.15) is 4.98 Å². The quantitative estimate of drug-likeness (QED) is 0.188. The van der Waals surface area contributed by atoms with Gasteiger partial charge in [0.2, 0.25) is 11.9 Å². The lowest BCUT2D eigenvalue weighted by molar-refractivity contribution is -0.00458. The Labute approximate surface area is 264 Å². The molecule has 2 aliphatic carbocycles. The molecule has 246 valence electrons. The lowest BCUT2D eigenvalue weighted by atomic mass is 9.77. The van der Waals surface area contributed by atoms with Gasteiger partial charge in [-0.05, 0) is 109 Å². The predicted molar refractivity (Wildman–Crippen MR) is 171 cm³/mol. The zero-order valence-corrected chi connectivity index (χ0v) is 26.6. The van der Waals surface area contributed by atoms with Crippen molar-refractivity contribution in [2.45, 2.75) is 108 Å². The third kappa shape index (κ3) is 7.40. The van der Waals surface area contributed by atoms with E-state index in [2.05, 4.69) is 20.2 Å². The van der Waals surface area contributed by atoms with Gasteiger partial charge in [0.1, 0.15) is 22.8 Å². The Kier molecular flexibility index (Phi) is 9.84. The lowest BCUT2D eigenvalue weighted by Gasteiger charge is -2.36. The van der Waals surface area contributed by atoms with Gasteiger partial charge in [0, 0.05) is 18.6 Å². The van der Waals surface area contributed by atoms with Gasteiger partial charge in [-0.15, -0.1) is 0 Å². The van der Waals surface area contributed by atoms with Gasteiger partial charge in [0.05, 0.1) is 24.5 Å². The molecule has 0 atom stereocenters. The zero-order chi connectivity index (χ0) is 31.6. The lowest BCUT2D eigenvalue weighted by Crippen LogP contribution is -2.45. The number of nitrogens with one attached hydrogen (secondary N) is 1. The second kappa shape index (κ2) is 13.8. The van der Waals surface area contributed by atoms with Gasteiger partial charge in [0.15, 0.2) is 5.65 Å². The Hall–Kier alpha value is -2.93. The molecule has 0 spiro atoms. The van der Waals surface area contributed by atoms with Crippen molar-refractivity contribution >= 4 is 28.7 Å². The number of imidazole rings is 1. The number of hydrazine groups is 1. The minimum Gasteiger partial charge on any atom is -0.390 e. The van der Waals surface area contributed by atoms with Crippen LogP contribution in [-0.2, 0) is 4.74 Å². The van der Waals surface area contributed by atoms with E-state index in [1.807, 2.05) is 18.4 Å². The maximum absolute atomic E-state index is 14.7. The summed E-state index contributed by atoms with van der Waals surface area (Å²) in [6, 6.07) is 3.81. The van der Waals surface area contributed by atoms with Crippen molar-refractivity contribution in [1.82, 2.24) is 24.4 Å². The van der Waals surface area contributed by atoms with Crippen LogP contribution in [-0.4, -0.2) is 73.5 Å². The van der Waals surface area contributed by atoms with Gasteiger partial charge in [0.25, 0.3) is 0 Å². The number of aliphatic hydroxyl groups is 1. The number of likely N-dealkylation sites (tertiary alicyclic amines) is 1. The first-order valence-corrected chi connectivity index (χ1v) is 16.7. The normalized spacial score (nSPS) is 25.0. The summed E-state index contributed by atoms with van der Waals surface area (Å²) in [5.41, 5.74) is 0.0484. The summed E-state index contributed by atoms with van der Waals surface area (Å²) in [6.45, 7) is 7.84. The van der Waals surface area contributed by atoms with Crippen molar-refractivity contribution in [2.75, 3.05) is 36.6 Å². The van der Waals surface area contributed by atoms with Crippen molar-refractivity contribution in [3.05, 3.63) is 36.0 Å².